The van der Waals surface area contributed by atoms with Gasteiger partial charge in [0.25, 0.3) is 5.91 Å². The molecule has 1 N–H and O–H groups in total. The first-order valence-electron chi connectivity index (χ1n) is 9.24. The Bertz CT molecular complexity index is 1490. The van der Waals surface area contributed by atoms with Crippen LogP contribution < -0.4 is 5.32 Å². The van der Waals surface area contributed by atoms with E-state index in [0.717, 1.165) is 23.3 Å². The number of carbonyl (C=O) groups excluding carboxylic acids is 1. The molecule has 0 radical (unpaired) electrons. The lowest BCUT2D eigenvalue weighted by molar-refractivity contribution is -0.143. The molecular weight excluding hydrogens is 499 g/mol. The molecule has 1 amide bonds. The molecule has 1 aromatic carbocycles. The van der Waals surface area contributed by atoms with Gasteiger partial charge >= 0.3 is 6.18 Å². The number of benzene rings is 1. The van der Waals surface area contributed by atoms with Crippen LogP contribution in [0.2, 0.25) is 5.02 Å². The van der Waals surface area contributed by atoms with Crippen molar-refractivity contribution in [1.82, 2.24) is 29.8 Å². The molecule has 4 aromatic rings. The Labute approximate surface area is 194 Å². The predicted octanol–water partition coefficient (Wildman–Crippen LogP) is 3.18. The van der Waals surface area contributed by atoms with Crippen molar-refractivity contribution in [3.8, 4) is 11.5 Å². The quantitative estimate of drug-likeness (QED) is 0.436. The molecule has 10 nitrogen and oxygen atoms in total. The minimum Gasteiger partial charge on any atom is -0.320 e. The Morgan fingerprint density at radius 3 is 2.41 bits per heavy atom. The minimum absolute atomic E-state index is 0.0193. The van der Waals surface area contributed by atoms with Crippen molar-refractivity contribution in [1.29, 1.82) is 0 Å². The van der Waals surface area contributed by atoms with Crippen LogP contribution in [0.1, 0.15) is 16.1 Å². The van der Waals surface area contributed by atoms with Gasteiger partial charge in [-0.15, -0.1) is 4.80 Å². The first-order chi connectivity index (χ1) is 15.9. The van der Waals surface area contributed by atoms with Gasteiger partial charge in [0.05, 0.1) is 51.6 Å². The number of aromatic nitrogens is 6. The number of carbonyl (C=O) groups is 1. The molecule has 0 spiro atoms. The summed E-state index contributed by atoms with van der Waals surface area (Å²) < 4.78 is 65.8. The van der Waals surface area contributed by atoms with E-state index < -0.39 is 33.2 Å². The van der Waals surface area contributed by atoms with Gasteiger partial charge in [-0.05, 0) is 24.3 Å². The van der Waals surface area contributed by atoms with Crippen LogP contribution in [-0.4, -0.2) is 50.3 Å². The van der Waals surface area contributed by atoms with Gasteiger partial charge in [-0.1, -0.05) is 17.7 Å². The van der Waals surface area contributed by atoms with Crippen molar-refractivity contribution in [2.75, 3.05) is 11.6 Å². The van der Waals surface area contributed by atoms with E-state index in [1.54, 1.807) is 0 Å². The van der Waals surface area contributed by atoms with Crippen LogP contribution in [0.5, 0.6) is 0 Å². The molecule has 0 aliphatic heterocycles. The topological polar surface area (TPSA) is 125 Å². The van der Waals surface area contributed by atoms with Gasteiger partial charge in [-0.2, -0.15) is 28.5 Å². The summed E-state index contributed by atoms with van der Waals surface area (Å²) in [4.78, 5) is 17.7. The summed E-state index contributed by atoms with van der Waals surface area (Å²) in [6, 6.07) is 6.06. The smallest absolute Gasteiger partial charge is 0.320 e. The molecule has 0 fully saturated rings. The first kappa shape index (κ1) is 23.4. The van der Waals surface area contributed by atoms with E-state index in [0.29, 0.717) is 4.68 Å². The number of pyridine rings is 1. The molecular formula is C19H13ClF3N7O3S. The van der Waals surface area contributed by atoms with E-state index in [1.807, 2.05) is 0 Å². The maximum atomic E-state index is 13.9. The van der Waals surface area contributed by atoms with E-state index in [2.05, 4.69) is 25.6 Å². The normalized spacial score (nSPS) is 12.0. The fourth-order valence-electron chi connectivity index (χ4n) is 3.00. The first-order valence-corrected chi connectivity index (χ1v) is 11.5. The lowest BCUT2D eigenvalue weighted by Gasteiger charge is -2.13. The molecule has 34 heavy (non-hydrogen) atoms. The van der Waals surface area contributed by atoms with Gasteiger partial charge in [-0.3, -0.25) is 4.79 Å². The lowest BCUT2D eigenvalue weighted by Crippen LogP contribution is -2.21. The van der Waals surface area contributed by atoms with Crippen LogP contribution in [0.25, 0.3) is 11.5 Å². The van der Waals surface area contributed by atoms with Crippen molar-refractivity contribution >= 4 is 33.0 Å². The molecule has 15 heteroatoms. The zero-order chi connectivity index (χ0) is 24.7. The Balaban J connectivity index is 1.70. The van der Waals surface area contributed by atoms with Crippen molar-refractivity contribution in [3.05, 3.63) is 71.4 Å². The average Bonchev–Trinajstić information content (AvgIpc) is 3.43. The number of alkyl halides is 3. The molecule has 0 aliphatic carbocycles. The van der Waals surface area contributed by atoms with E-state index in [9.17, 15) is 26.4 Å². The summed E-state index contributed by atoms with van der Waals surface area (Å²) >= 11 is 6.13. The van der Waals surface area contributed by atoms with Gasteiger partial charge in [-0.25, -0.2) is 18.1 Å². The van der Waals surface area contributed by atoms with Crippen LogP contribution in [0.15, 0.2) is 60.0 Å². The highest BCUT2D eigenvalue weighted by Gasteiger charge is 2.40. The fraction of sp³-hybridized carbons (Fsp3) is 0.105. The SMILES string of the molecule is CS(=O)(=O)c1cccc(-n2ncc(C(=O)Nc3cnc(-n4nccn4)c(Cl)c3)c2C(F)(F)F)c1. The van der Waals surface area contributed by atoms with E-state index in [1.165, 1.54) is 42.9 Å². The van der Waals surface area contributed by atoms with Gasteiger partial charge < -0.3 is 5.32 Å². The molecule has 0 bridgehead atoms. The number of rotatable bonds is 5. The molecule has 0 atom stereocenters. The zero-order valence-corrected chi connectivity index (χ0v) is 18.6. The molecule has 3 heterocycles. The Kier molecular flexibility index (Phi) is 5.87. The number of halogens is 4. The molecule has 0 aliphatic rings. The second-order valence-corrected chi connectivity index (χ2v) is 9.31. The number of hydrogen-bond acceptors (Lipinski definition) is 7. The minimum atomic E-state index is -4.99. The Morgan fingerprint density at radius 1 is 1.09 bits per heavy atom. The van der Waals surface area contributed by atoms with Crippen LogP contribution in [0.4, 0.5) is 18.9 Å². The van der Waals surface area contributed by atoms with Crippen LogP contribution in [-0.2, 0) is 16.0 Å². The number of sulfone groups is 1. The summed E-state index contributed by atoms with van der Waals surface area (Å²) in [5, 5.41) is 13.8. The summed E-state index contributed by atoms with van der Waals surface area (Å²) in [5.41, 5.74) is -2.33. The third-order valence-corrected chi connectivity index (χ3v) is 5.85. The maximum absolute atomic E-state index is 13.9. The van der Waals surface area contributed by atoms with Crippen molar-refractivity contribution in [2.24, 2.45) is 0 Å². The van der Waals surface area contributed by atoms with Crippen molar-refractivity contribution in [3.63, 3.8) is 0 Å². The molecule has 0 saturated heterocycles. The third-order valence-electron chi connectivity index (χ3n) is 4.46. The van der Waals surface area contributed by atoms with E-state index in [-0.39, 0.29) is 27.1 Å². The maximum Gasteiger partial charge on any atom is 0.434 e. The van der Waals surface area contributed by atoms with Gasteiger partial charge in [0, 0.05) is 6.26 Å². The lowest BCUT2D eigenvalue weighted by atomic mass is 10.2. The second kappa shape index (κ2) is 8.53. The third kappa shape index (κ3) is 4.63. The van der Waals surface area contributed by atoms with Gasteiger partial charge in [0.15, 0.2) is 21.3 Å². The monoisotopic (exact) mass is 511 g/mol. The van der Waals surface area contributed by atoms with Crippen LogP contribution in [0.3, 0.4) is 0 Å². The van der Waals surface area contributed by atoms with E-state index >= 15 is 0 Å². The highest BCUT2D eigenvalue weighted by atomic mass is 35.5. The average molecular weight is 512 g/mol. The summed E-state index contributed by atoms with van der Waals surface area (Å²) in [5.74, 6) is -0.972. The van der Waals surface area contributed by atoms with E-state index in [4.69, 9.17) is 11.6 Å². The molecule has 3 aromatic heterocycles. The number of amides is 1. The highest BCUT2D eigenvalue weighted by Crippen LogP contribution is 2.34. The number of hydrogen-bond donors (Lipinski definition) is 1. The summed E-state index contributed by atoms with van der Waals surface area (Å²) in [7, 11) is -3.69. The molecule has 176 valence electrons. The summed E-state index contributed by atoms with van der Waals surface area (Å²) in [6.45, 7) is 0. The predicted molar refractivity (Wildman–Crippen MR) is 114 cm³/mol. The fourth-order valence-corrected chi connectivity index (χ4v) is 3.90. The molecule has 4 rings (SSSR count). The summed E-state index contributed by atoms with van der Waals surface area (Å²) in [6.07, 6.45) is 0.644. The zero-order valence-electron chi connectivity index (χ0n) is 17.0. The molecule has 0 saturated carbocycles. The number of nitrogens with zero attached hydrogens (tertiary/aromatic N) is 6. The molecule has 0 unspecified atom stereocenters. The van der Waals surface area contributed by atoms with Gasteiger partial charge in [0.2, 0.25) is 0 Å². The van der Waals surface area contributed by atoms with Crippen LogP contribution >= 0.6 is 11.6 Å². The Hall–Kier alpha value is -3.78. The second-order valence-electron chi connectivity index (χ2n) is 6.89. The van der Waals surface area contributed by atoms with Crippen molar-refractivity contribution in [2.45, 2.75) is 11.1 Å². The largest absolute Gasteiger partial charge is 0.434 e. The highest BCUT2D eigenvalue weighted by molar-refractivity contribution is 7.90. The van der Waals surface area contributed by atoms with Gasteiger partial charge in [0.1, 0.15) is 0 Å². The Morgan fingerprint density at radius 2 is 1.79 bits per heavy atom. The van der Waals surface area contributed by atoms with Crippen LogP contribution in [0, 0.1) is 0 Å². The number of nitrogens with one attached hydrogen (secondary N) is 1. The van der Waals surface area contributed by atoms with Crippen molar-refractivity contribution < 1.29 is 26.4 Å². The number of anilines is 1. The standard InChI is InChI=1S/C19H13ClF3N7O3S/c1-34(32,33)13-4-2-3-12(8-13)29-16(19(21,22)23)14(10-27-29)18(31)28-11-7-15(20)17(24-9-11)30-25-5-6-26-30/h2-10H,1H3,(H,28,31).